The molecule has 5 nitrogen and oxygen atoms in total. The van der Waals surface area contributed by atoms with Crippen LogP contribution >= 0.6 is 22.6 Å². The van der Waals surface area contributed by atoms with Crippen LogP contribution in [-0.4, -0.2) is 20.9 Å². The van der Waals surface area contributed by atoms with E-state index in [1.165, 1.54) is 16.9 Å². The fourth-order valence-corrected chi connectivity index (χ4v) is 3.05. The number of fused-ring (bicyclic) bond motifs is 1. The normalized spacial score (nSPS) is 10.9. The quantitative estimate of drug-likeness (QED) is 0.439. The molecule has 0 fully saturated rings. The van der Waals surface area contributed by atoms with Gasteiger partial charge in [-0.2, -0.15) is 4.80 Å². The van der Waals surface area contributed by atoms with Crippen molar-refractivity contribution in [3.8, 4) is 5.69 Å². The number of halogens is 2. The summed E-state index contributed by atoms with van der Waals surface area (Å²) in [5.74, 6) is -0.494. The zero-order valence-corrected chi connectivity index (χ0v) is 16.4. The summed E-state index contributed by atoms with van der Waals surface area (Å²) in [5.41, 5.74) is 4.15. The molecule has 0 bridgehead atoms. The van der Waals surface area contributed by atoms with Crippen LogP contribution in [0.4, 0.5) is 10.1 Å². The lowest BCUT2D eigenvalue weighted by molar-refractivity contribution is 0.102. The van der Waals surface area contributed by atoms with E-state index >= 15 is 0 Å². The summed E-state index contributed by atoms with van der Waals surface area (Å²) in [6.07, 6.45) is 0. The lowest BCUT2D eigenvalue weighted by atomic mass is 10.1. The van der Waals surface area contributed by atoms with Crippen LogP contribution in [0.15, 0.2) is 60.7 Å². The van der Waals surface area contributed by atoms with Crippen LogP contribution < -0.4 is 5.32 Å². The Morgan fingerprint density at radius 3 is 2.30 bits per heavy atom. The highest BCUT2D eigenvalue weighted by Crippen LogP contribution is 2.23. The maximum atomic E-state index is 13.1. The summed E-state index contributed by atoms with van der Waals surface area (Å²) in [6.45, 7) is 1.90. The van der Waals surface area contributed by atoms with E-state index in [0.29, 0.717) is 28.0 Å². The first-order chi connectivity index (χ1) is 13.0. The summed E-state index contributed by atoms with van der Waals surface area (Å²) in [5, 5.41) is 11.8. The summed E-state index contributed by atoms with van der Waals surface area (Å²) >= 11 is 2.20. The van der Waals surface area contributed by atoms with Crippen molar-refractivity contribution in [2.24, 2.45) is 0 Å². The van der Waals surface area contributed by atoms with E-state index in [1.807, 2.05) is 25.1 Å². The SMILES string of the molecule is Cc1cc2nn(-c3ccc(F)cc3)nc2cc1NC(=O)c1ccc(I)cc1. The van der Waals surface area contributed by atoms with Crippen molar-refractivity contribution < 1.29 is 9.18 Å². The molecule has 0 spiro atoms. The number of anilines is 1. The topological polar surface area (TPSA) is 59.8 Å². The van der Waals surface area contributed by atoms with Crippen molar-refractivity contribution in [2.45, 2.75) is 6.92 Å². The smallest absolute Gasteiger partial charge is 0.255 e. The molecule has 0 atom stereocenters. The van der Waals surface area contributed by atoms with Gasteiger partial charge >= 0.3 is 0 Å². The summed E-state index contributed by atoms with van der Waals surface area (Å²) in [4.78, 5) is 13.9. The molecule has 0 saturated heterocycles. The molecule has 1 N–H and O–H groups in total. The lowest BCUT2D eigenvalue weighted by Crippen LogP contribution is -2.12. The molecular weight excluding hydrogens is 458 g/mol. The van der Waals surface area contributed by atoms with E-state index < -0.39 is 0 Å². The van der Waals surface area contributed by atoms with Gasteiger partial charge in [0.2, 0.25) is 0 Å². The van der Waals surface area contributed by atoms with Crippen molar-refractivity contribution in [3.05, 3.63) is 81.2 Å². The molecule has 27 heavy (non-hydrogen) atoms. The molecule has 134 valence electrons. The standard InChI is InChI=1S/C20H14FIN4O/c1-12-10-18-19(25-26(24-18)16-8-4-14(21)5-9-16)11-17(12)23-20(27)13-2-6-15(22)7-3-13/h2-11H,1H3,(H,23,27). The number of hydrogen-bond donors (Lipinski definition) is 1. The maximum Gasteiger partial charge on any atom is 0.255 e. The van der Waals surface area contributed by atoms with E-state index in [9.17, 15) is 9.18 Å². The number of nitrogens with zero attached hydrogens (tertiary/aromatic N) is 3. The van der Waals surface area contributed by atoms with Crippen molar-refractivity contribution >= 4 is 45.2 Å². The van der Waals surface area contributed by atoms with Crippen LogP contribution in [0, 0.1) is 16.3 Å². The number of hydrogen-bond acceptors (Lipinski definition) is 3. The first-order valence-electron chi connectivity index (χ1n) is 8.20. The Balaban J connectivity index is 1.65. The Kier molecular flexibility index (Phi) is 4.61. The van der Waals surface area contributed by atoms with Gasteiger partial charge in [-0.3, -0.25) is 4.79 Å². The predicted octanol–water partition coefficient (Wildman–Crippen LogP) is 4.72. The fraction of sp³-hybridized carbons (Fsp3) is 0.0500. The largest absolute Gasteiger partial charge is 0.322 e. The highest BCUT2D eigenvalue weighted by atomic mass is 127. The van der Waals surface area contributed by atoms with Crippen LogP contribution in [-0.2, 0) is 0 Å². The fourth-order valence-electron chi connectivity index (χ4n) is 2.69. The number of aryl methyl sites for hydroxylation is 1. The third-order valence-corrected chi connectivity index (χ3v) is 4.86. The molecule has 0 unspecified atom stereocenters. The number of carbonyl (C=O) groups excluding carboxylic acids is 1. The molecule has 4 aromatic rings. The molecule has 4 rings (SSSR count). The third kappa shape index (κ3) is 3.68. The van der Waals surface area contributed by atoms with Crippen molar-refractivity contribution in [2.75, 3.05) is 5.32 Å². The minimum absolute atomic E-state index is 0.181. The Labute approximate surface area is 168 Å². The minimum Gasteiger partial charge on any atom is -0.322 e. The van der Waals surface area contributed by atoms with Gasteiger partial charge in [0, 0.05) is 14.8 Å². The van der Waals surface area contributed by atoms with Gasteiger partial charge < -0.3 is 5.32 Å². The Bertz CT molecular complexity index is 1140. The van der Waals surface area contributed by atoms with Gasteiger partial charge in [-0.25, -0.2) is 4.39 Å². The Morgan fingerprint density at radius 2 is 1.63 bits per heavy atom. The van der Waals surface area contributed by atoms with Crippen LogP contribution in [0.5, 0.6) is 0 Å². The van der Waals surface area contributed by atoms with Crippen LogP contribution in [0.3, 0.4) is 0 Å². The van der Waals surface area contributed by atoms with Crippen LogP contribution in [0.1, 0.15) is 15.9 Å². The average Bonchev–Trinajstić information content (AvgIpc) is 3.05. The summed E-state index contributed by atoms with van der Waals surface area (Å²) < 4.78 is 14.2. The van der Waals surface area contributed by atoms with Crippen molar-refractivity contribution in [1.82, 2.24) is 15.0 Å². The molecule has 1 aromatic heterocycles. The van der Waals surface area contributed by atoms with E-state index in [-0.39, 0.29) is 11.7 Å². The predicted molar refractivity (Wildman–Crippen MR) is 111 cm³/mol. The molecular formula is C20H14FIN4O. The molecule has 0 aliphatic rings. The molecule has 0 saturated carbocycles. The second-order valence-corrected chi connectivity index (χ2v) is 7.33. The number of benzene rings is 3. The third-order valence-electron chi connectivity index (χ3n) is 4.14. The van der Waals surface area contributed by atoms with Gasteiger partial charge in [-0.05, 0) is 95.7 Å². The van der Waals surface area contributed by atoms with E-state index in [0.717, 1.165) is 9.13 Å². The molecule has 0 aliphatic heterocycles. The molecule has 0 radical (unpaired) electrons. The van der Waals surface area contributed by atoms with E-state index in [4.69, 9.17) is 0 Å². The van der Waals surface area contributed by atoms with E-state index in [1.54, 1.807) is 30.3 Å². The van der Waals surface area contributed by atoms with Crippen molar-refractivity contribution in [1.29, 1.82) is 0 Å². The first-order valence-corrected chi connectivity index (χ1v) is 9.28. The van der Waals surface area contributed by atoms with Crippen LogP contribution in [0.2, 0.25) is 0 Å². The molecule has 7 heteroatoms. The highest BCUT2D eigenvalue weighted by molar-refractivity contribution is 14.1. The minimum atomic E-state index is -0.313. The summed E-state index contributed by atoms with van der Waals surface area (Å²) in [7, 11) is 0. The Morgan fingerprint density at radius 1 is 1.00 bits per heavy atom. The second-order valence-electron chi connectivity index (χ2n) is 6.08. The first kappa shape index (κ1) is 17.6. The number of aromatic nitrogens is 3. The second kappa shape index (κ2) is 7.07. The zero-order valence-electron chi connectivity index (χ0n) is 14.3. The average molecular weight is 472 g/mol. The number of amides is 1. The molecule has 1 heterocycles. The molecule has 1 amide bonds. The molecule has 0 aliphatic carbocycles. The van der Waals surface area contributed by atoms with Gasteiger partial charge in [0.25, 0.3) is 5.91 Å². The van der Waals surface area contributed by atoms with E-state index in [2.05, 4.69) is 38.1 Å². The maximum absolute atomic E-state index is 13.1. The van der Waals surface area contributed by atoms with Crippen LogP contribution in [0.25, 0.3) is 16.7 Å². The summed E-state index contributed by atoms with van der Waals surface area (Å²) in [6, 6.07) is 17.0. The number of carbonyl (C=O) groups is 1. The Hall–Kier alpha value is -2.81. The van der Waals surface area contributed by atoms with Gasteiger partial charge in [-0.1, -0.05) is 0 Å². The number of rotatable bonds is 3. The van der Waals surface area contributed by atoms with Gasteiger partial charge in [0.05, 0.1) is 5.69 Å². The van der Waals surface area contributed by atoms with Gasteiger partial charge in [-0.15, -0.1) is 10.2 Å². The molecule has 3 aromatic carbocycles. The van der Waals surface area contributed by atoms with Gasteiger partial charge in [0.1, 0.15) is 16.9 Å². The number of nitrogens with one attached hydrogen (secondary N) is 1. The highest BCUT2D eigenvalue weighted by Gasteiger charge is 2.12. The van der Waals surface area contributed by atoms with Gasteiger partial charge in [0.15, 0.2) is 0 Å². The van der Waals surface area contributed by atoms with Crippen molar-refractivity contribution in [3.63, 3.8) is 0 Å². The lowest BCUT2D eigenvalue weighted by Gasteiger charge is -2.08. The zero-order chi connectivity index (χ0) is 19.0. The monoisotopic (exact) mass is 472 g/mol.